The summed E-state index contributed by atoms with van der Waals surface area (Å²) in [4.78, 5) is 41.5. The highest BCUT2D eigenvalue weighted by molar-refractivity contribution is 5.86. The first-order chi connectivity index (χ1) is 14.5. The molecule has 3 aliphatic rings. The molecule has 4 rings (SSSR count). The van der Waals surface area contributed by atoms with E-state index in [2.05, 4.69) is 15.7 Å². The summed E-state index contributed by atoms with van der Waals surface area (Å²) >= 11 is 0. The van der Waals surface area contributed by atoms with Gasteiger partial charge >= 0.3 is 5.97 Å². The van der Waals surface area contributed by atoms with Crippen molar-refractivity contribution in [1.82, 2.24) is 14.4 Å². The van der Waals surface area contributed by atoms with Crippen LogP contribution in [0.3, 0.4) is 0 Å². The standard InChI is InChI=1S/C22H32N4O4/c1-30-20(27)10-18(23)22(29)25-11-15-9-17(14-25)19-6-5-16(21(28)26(19)12-15)13-24-7-3-2-4-8-24/h5-6,15,17-18H,2-4,7-14,23H2,1H3/t15-,17+,18-/m0/s1. The molecule has 0 radical (unpaired) electrons. The number of nitrogens with two attached hydrogens (primary N) is 1. The van der Waals surface area contributed by atoms with Crippen LogP contribution >= 0.6 is 0 Å². The molecule has 3 atom stereocenters. The Labute approximate surface area is 177 Å². The first kappa shape index (κ1) is 21.1. The van der Waals surface area contributed by atoms with Gasteiger partial charge in [-0.25, -0.2) is 0 Å². The number of piperidine rings is 2. The Kier molecular flexibility index (Phi) is 6.24. The number of methoxy groups -OCH3 is 1. The molecule has 0 aromatic carbocycles. The molecule has 1 aromatic heterocycles. The lowest BCUT2D eigenvalue weighted by Gasteiger charge is -2.43. The number of carbonyl (C=O) groups is 2. The van der Waals surface area contributed by atoms with Gasteiger partial charge in [-0.3, -0.25) is 19.3 Å². The summed E-state index contributed by atoms with van der Waals surface area (Å²) in [5.41, 5.74) is 7.95. The molecule has 0 saturated carbocycles. The van der Waals surface area contributed by atoms with Gasteiger partial charge in [-0.1, -0.05) is 12.5 Å². The molecule has 2 N–H and O–H groups in total. The van der Waals surface area contributed by atoms with Crippen molar-refractivity contribution in [2.45, 2.75) is 57.2 Å². The van der Waals surface area contributed by atoms with Crippen molar-refractivity contribution in [2.75, 3.05) is 33.3 Å². The number of hydrogen-bond acceptors (Lipinski definition) is 6. The molecule has 1 amide bonds. The van der Waals surface area contributed by atoms with Crippen molar-refractivity contribution in [3.63, 3.8) is 0 Å². The smallest absolute Gasteiger partial charge is 0.307 e. The van der Waals surface area contributed by atoms with Crippen LogP contribution in [-0.2, 0) is 27.4 Å². The molecule has 30 heavy (non-hydrogen) atoms. The van der Waals surface area contributed by atoms with Crippen molar-refractivity contribution >= 4 is 11.9 Å². The Morgan fingerprint density at radius 3 is 2.67 bits per heavy atom. The van der Waals surface area contributed by atoms with Gasteiger partial charge in [0.15, 0.2) is 0 Å². The number of hydrogen-bond donors (Lipinski definition) is 1. The van der Waals surface area contributed by atoms with Crippen LogP contribution in [0.1, 0.15) is 49.3 Å². The summed E-state index contributed by atoms with van der Waals surface area (Å²) < 4.78 is 6.57. The second kappa shape index (κ2) is 8.89. The summed E-state index contributed by atoms with van der Waals surface area (Å²) in [6, 6.07) is 3.17. The van der Waals surface area contributed by atoms with E-state index < -0.39 is 12.0 Å². The van der Waals surface area contributed by atoms with E-state index >= 15 is 0 Å². The number of likely N-dealkylation sites (tertiary alicyclic amines) is 2. The number of aromatic nitrogens is 1. The third kappa shape index (κ3) is 4.30. The minimum Gasteiger partial charge on any atom is -0.469 e. The van der Waals surface area contributed by atoms with E-state index in [0.29, 0.717) is 19.6 Å². The van der Waals surface area contributed by atoms with E-state index in [9.17, 15) is 14.4 Å². The van der Waals surface area contributed by atoms with Gasteiger partial charge in [0.05, 0.1) is 19.6 Å². The molecular weight excluding hydrogens is 384 g/mol. The molecule has 1 aromatic rings. The fourth-order valence-corrected chi connectivity index (χ4v) is 5.23. The predicted octanol–water partition coefficient (Wildman–Crippen LogP) is 0.670. The third-order valence-electron chi connectivity index (χ3n) is 6.77. The molecule has 8 nitrogen and oxygen atoms in total. The van der Waals surface area contributed by atoms with Crippen LogP contribution < -0.4 is 11.3 Å². The van der Waals surface area contributed by atoms with Gasteiger partial charge < -0.3 is 19.9 Å². The van der Waals surface area contributed by atoms with E-state index in [4.69, 9.17) is 5.73 Å². The maximum atomic E-state index is 13.2. The van der Waals surface area contributed by atoms with Crippen LogP contribution in [0.15, 0.2) is 16.9 Å². The number of amides is 1. The van der Waals surface area contributed by atoms with Crippen LogP contribution in [0.4, 0.5) is 0 Å². The molecular formula is C22H32N4O4. The van der Waals surface area contributed by atoms with Crippen molar-refractivity contribution in [1.29, 1.82) is 0 Å². The lowest BCUT2D eigenvalue weighted by Crippen LogP contribution is -2.53. The Morgan fingerprint density at radius 2 is 1.93 bits per heavy atom. The van der Waals surface area contributed by atoms with Crippen LogP contribution in [0.2, 0.25) is 0 Å². The van der Waals surface area contributed by atoms with Crippen LogP contribution in [-0.4, -0.2) is 65.6 Å². The average Bonchev–Trinajstić information content (AvgIpc) is 2.76. The second-order valence-corrected chi connectivity index (χ2v) is 8.96. The van der Waals surface area contributed by atoms with Gasteiger partial charge in [0.25, 0.3) is 5.56 Å². The second-order valence-electron chi connectivity index (χ2n) is 8.96. The van der Waals surface area contributed by atoms with Gasteiger partial charge in [0.1, 0.15) is 0 Å². The van der Waals surface area contributed by atoms with E-state index in [0.717, 1.165) is 37.3 Å². The van der Waals surface area contributed by atoms with Gasteiger partial charge in [0.2, 0.25) is 5.91 Å². The average molecular weight is 417 g/mol. The van der Waals surface area contributed by atoms with E-state index in [1.54, 1.807) is 4.90 Å². The van der Waals surface area contributed by atoms with Crippen molar-refractivity contribution < 1.29 is 14.3 Å². The van der Waals surface area contributed by atoms with Crippen LogP contribution in [0.25, 0.3) is 0 Å². The maximum Gasteiger partial charge on any atom is 0.307 e. The minimum absolute atomic E-state index is 0.114. The molecule has 0 aliphatic carbocycles. The van der Waals surface area contributed by atoms with Gasteiger partial charge in [-0.15, -0.1) is 0 Å². The van der Waals surface area contributed by atoms with E-state index in [1.165, 1.54) is 26.4 Å². The molecule has 3 aliphatic heterocycles. The van der Waals surface area contributed by atoms with Crippen molar-refractivity contribution in [2.24, 2.45) is 11.7 Å². The summed E-state index contributed by atoms with van der Waals surface area (Å²) in [6.07, 6.45) is 4.55. The fraction of sp³-hybridized carbons (Fsp3) is 0.682. The summed E-state index contributed by atoms with van der Waals surface area (Å²) in [5.74, 6) is -0.337. The highest BCUT2D eigenvalue weighted by atomic mass is 16.5. The molecule has 164 valence electrons. The molecule has 2 bridgehead atoms. The summed E-state index contributed by atoms with van der Waals surface area (Å²) in [6.45, 7) is 4.60. The molecule has 0 unspecified atom stereocenters. The summed E-state index contributed by atoms with van der Waals surface area (Å²) in [5, 5.41) is 0. The molecule has 8 heteroatoms. The number of rotatable bonds is 5. The maximum absolute atomic E-state index is 13.2. The van der Waals surface area contributed by atoms with Crippen LogP contribution in [0, 0.1) is 5.92 Å². The number of pyridine rings is 1. The molecule has 2 saturated heterocycles. The highest BCUT2D eigenvalue weighted by Crippen LogP contribution is 2.35. The Hall–Kier alpha value is -2.19. The van der Waals surface area contributed by atoms with Crippen LogP contribution in [0.5, 0.6) is 0 Å². The highest BCUT2D eigenvalue weighted by Gasteiger charge is 2.38. The van der Waals surface area contributed by atoms with E-state index in [1.807, 2.05) is 10.6 Å². The van der Waals surface area contributed by atoms with Crippen molar-refractivity contribution in [3.05, 3.63) is 33.7 Å². The SMILES string of the molecule is COC(=O)C[C@H](N)C(=O)N1C[C@@H]2C[C@H](C1)c1ccc(CN3CCCCC3)c(=O)n1C2. The van der Waals surface area contributed by atoms with Gasteiger partial charge in [0, 0.05) is 43.4 Å². The van der Waals surface area contributed by atoms with Gasteiger partial charge in [-0.2, -0.15) is 0 Å². The number of ether oxygens (including phenoxy) is 1. The van der Waals surface area contributed by atoms with Crippen molar-refractivity contribution in [3.8, 4) is 0 Å². The third-order valence-corrected chi connectivity index (χ3v) is 6.77. The normalized spacial score (nSPS) is 24.8. The lowest BCUT2D eigenvalue weighted by atomic mass is 9.82. The number of esters is 1. The zero-order valence-corrected chi connectivity index (χ0v) is 17.7. The first-order valence-corrected chi connectivity index (χ1v) is 11.0. The minimum atomic E-state index is -0.884. The quantitative estimate of drug-likeness (QED) is 0.709. The molecule has 0 spiro atoms. The predicted molar refractivity (Wildman–Crippen MR) is 112 cm³/mol. The number of nitrogens with zero attached hydrogens (tertiary/aromatic N) is 3. The van der Waals surface area contributed by atoms with Gasteiger partial charge in [-0.05, 0) is 44.3 Å². The monoisotopic (exact) mass is 416 g/mol. The Morgan fingerprint density at radius 1 is 1.17 bits per heavy atom. The Bertz CT molecular complexity index is 861. The number of carbonyl (C=O) groups excluding carboxylic acids is 2. The first-order valence-electron chi connectivity index (χ1n) is 11.0. The zero-order chi connectivity index (χ0) is 21.3. The molecule has 2 fully saturated rings. The topological polar surface area (TPSA) is 97.9 Å². The number of fused-ring (bicyclic) bond motifs is 4. The Balaban J connectivity index is 1.48. The van der Waals surface area contributed by atoms with E-state index in [-0.39, 0.29) is 29.7 Å². The fourth-order valence-electron chi connectivity index (χ4n) is 5.23. The largest absolute Gasteiger partial charge is 0.469 e. The lowest BCUT2D eigenvalue weighted by molar-refractivity contribution is -0.145. The summed E-state index contributed by atoms with van der Waals surface area (Å²) in [7, 11) is 1.29. The molecule has 4 heterocycles. The zero-order valence-electron chi connectivity index (χ0n) is 17.7.